The Kier molecular flexibility index (Phi) is 6.17. The number of likely N-dealkylation sites (N-methyl/N-ethyl adjacent to an activating group) is 1. The van der Waals surface area contributed by atoms with Crippen LogP contribution in [0.5, 0.6) is 5.75 Å². The van der Waals surface area contributed by atoms with Crippen LogP contribution in [-0.2, 0) is 0 Å². The van der Waals surface area contributed by atoms with Crippen LogP contribution in [0.1, 0.15) is 30.1 Å². The topological polar surface area (TPSA) is 67.6 Å². The summed E-state index contributed by atoms with van der Waals surface area (Å²) in [6, 6.07) is 8.95. The number of nitrogens with zero attached hydrogens (tertiary/aromatic N) is 2. The molecule has 2 aromatic rings. The molecule has 0 saturated heterocycles. The molecule has 2 rings (SSSR count). The Bertz CT molecular complexity index is 636. The maximum absolute atomic E-state index is 12.1. The van der Waals surface area contributed by atoms with Gasteiger partial charge in [-0.1, -0.05) is 31.1 Å². The van der Waals surface area contributed by atoms with E-state index in [1.165, 1.54) is 0 Å². The number of anilines is 1. The molecule has 124 valence electrons. The molecular weight excluding hydrogens is 294 g/mol. The molecule has 1 aromatic heterocycles. The third-order valence-corrected chi connectivity index (χ3v) is 3.55. The van der Waals surface area contributed by atoms with Crippen molar-refractivity contribution in [1.29, 1.82) is 0 Å². The lowest BCUT2D eigenvalue weighted by Gasteiger charge is -2.19. The van der Waals surface area contributed by atoms with Crippen LogP contribution >= 0.6 is 0 Å². The van der Waals surface area contributed by atoms with Gasteiger partial charge in [0.2, 0.25) is 5.76 Å². The van der Waals surface area contributed by atoms with Crippen LogP contribution in [0.15, 0.2) is 34.9 Å². The van der Waals surface area contributed by atoms with E-state index in [0.717, 1.165) is 19.6 Å². The summed E-state index contributed by atoms with van der Waals surface area (Å²) in [5.41, 5.74) is 1.28. The molecule has 1 aromatic carbocycles. The first-order valence-electron chi connectivity index (χ1n) is 7.82. The Morgan fingerprint density at radius 1 is 1.30 bits per heavy atom. The van der Waals surface area contributed by atoms with Gasteiger partial charge in [0.05, 0.1) is 11.4 Å². The van der Waals surface area contributed by atoms with E-state index >= 15 is 0 Å². The molecule has 0 aliphatic rings. The van der Waals surface area contributed by atoms with E-state index in [-0.39, 0.29) is 11.7 Å². The molecule has 0 radical (unpaired) electrons. The van der Waals surface area contributed by atoms with E-state index < -0.39 is 0 Å². The number of ether oxygens (including phenoxy) is 1. The SMILES string of the molecule is CCN(CC)CCOc1ccccc1NC(=O)c1cc(C)no1. The third-order valence-electron chi connectivity index (χ3n) is 3.55. The number of amides is 1. The first-order valence-corrected chi connectivity index (χ1v) is 7.82. The monoisotopic (exact) mass is 317 g/mol. The minimum Gasteiger partial charge on any atom is -0.490 e. The second-order valence-corrected chi connectivity index (χ2v) is 5.16. The molecule has 23 heavy (non-hydrogen) atoms. The number of carbonyl (C=O) groups excluding carboxylic acids is 1. The van der Waals surface area contributed by atoms with Crippen LogP contribution in [0, 0.1) is 6.92 Å². The Morgan fingerprint density at radius 3 is 2.70 bits per heavy atom. The van der Waals surface area contributed by atoms with Crippen LogP contribution in [0.4, 0.5) is 5.69 Å². The summed E-state index contributed by atoms with van der Waals surface area (Å²) in [5.74, 6) is 0.482. The molecule has 1 heterocycles. The molecule has 1 amide bonds. The Balaban J connectivity index is 1.98. The molecule has 1 N–H and O–H groups in total. The van der Waals surface area contributed by atoms with Gasteiger partial charge in [-0.05, 0) is 32.1 Å². The lowest BCUT2D eigenvalue weighted by Crippen LogP contribution is -2.28. The van der Waals surface area contributed by atoms with Gasteiger partial charge < -0.3 is 19.5 Å². The number of aryl methyl sites for hydroxylation is 1. The number of hydrogen-bond donors (Lipinski definition) is 1. The standard InChI is InChI=1S/C17H23N3O3/c1-4-20(5-2)10-11-22-15-9-7-6-8-14(15)18-17(21)16-12-13(3)19-23-16/h6-9,12H,4-5,10-11H2,1-3H3,(H,18,21). The average molecular weight is 317 g/mol. The predicted octanol–water partition coefficient (Wildman–Crippen LogP) is 2.96. The van der Waals surface area contributed by atoms with Gasteiger partial charge >= 0.3 is 0 Å². The zero-order valence-electron chi connectivity index (χ0n) is 13.8. The van der Waals surface area contributed by atoms with Crippen molar-refractivity contribution in [3.05, 3.63) is 41.8 Å². The fraction of sp³-hybridized carbons (Fsp3) is 0.412. The highest BCUT2D eigenvalue weighted by molar-refractivity contribution is 6.03. The Labute approximate surface area is 136 Å². The molecule has 0 fully saturated rings. The first kappa shape index (κ1) is 17.0. The quantitative estimate of drug-likeness (QED) is 0.811. The van der Waals surface area contributed by atoms with Gasteiger partial charge in [-0.15, -0.1) is 0 Å². The molecule has 0 saturated carbocycles. The van der Waals surface area contributed by atoms with Crippen LogP contribution in [0.3, 0.4) is 0 Å². The van der Waals surface area contributed by atoms with Crippen LogP contribution in [0.25, 0.3) is 0 Å². The number of nitrogens with one attached hydrogen (secondary N) is 1. The lowest BCUT2D eigenvalue weighted by atomic mass is 10.2. The van der Waals surface area contributed by atoms with Gasteiger partial charge in [-0.2, -0.15) is 0 Å². The maximum atomic E-state index is 12.1. The van der Waals surface area contributed by atoms with E-state index in [2.05, 4.69) is 29.2 Å². The van der Waals surface area contributed by atoms with Gasteiger partial charge in [-0.3, -0.25) is 4.79 Å². The van der Waals surface area contributed by atoms with Crippen molar-refractivity contribution < 1.29 is 14.1 Å². The molecule has 0 aliphatic carbocycles. The maximum Gasteiger partial charge on any atom is 0.294 e. The lowest BCUT2D eigenvalue weighted by molar-refractivity contribution is 0.0987. The van der Waals surface area contributed by atoms with Crippen molar-refractivity contribution in [3.8, 4) is 5.75 Å². The zero-order valence-corrected chi connectivity index (χ0v) is 13.8. The van der Waals surface area contributed by atoms with Crippen LogP contribution in [-0.4, -0.2) is 42.2 Å². The van der Waals surface area contributed by atoms with E-state index in [4.69, 9.17) is 9.26 Å². The third kappa shape index (κ3) is 4.82. The molecule has 6 heteroatoms. The van der Waals surface area contributed by atoms with E-state index in [1.54, 1.807) is 19.1 Å². The van der Waals surface area contributed by atoms with Crippen molar-refractivity contribution in [2.45, 2.75) is 20.8 Å². The summed E-state index contributed by atoms with van der Waals surface area (Å²) >= 11 is 0. The summed E-state index contributed by atoms with van der Waals surface area (Å²) in [7, 11) is 0. The number of benzene rings is 1. The fourth-order valence-electron chi connectivity index (χ4n) is 2.17. The number of aromatic nitrogens is 1. The summed E-state index contributed by atoms with van der Waals surface area (Å²) in [6.45, 7) is 9.40. The van der Waals surface area contributed by atoms with Crippen molar-refractivity contribution >= 4 is 11.6 Å². The number of carbonyl (C=O) groups is 1. The molecular formula is C17H23N3O3. The van der Waals surface area contributed by atoms with Gasteiger partial charge in [0.1, 0.15) is 12.4 Å². The largest absolute Gasteiger partial charge is 0.490 e. The Hall–Kier alpha value is -2.34. The van der Waals surface area contributed by atoms with Crippen molar-refractivity contribution in [2.24, 2.45) is 0 Å². The van der Waals surface area contributed by atoms with Crippen molar-refractivity contribution in [3.63, 3.8) is 0 Å². The smallest absolute Gasteiger partial charge is 0.294 e. The van der Waals surface area contributed by atoms with Gasteiger partial charge in [0, 0.05) is 12.6 Å². The number of para-hydroxylation sites is 2. The van der Waals surface area contributed by atoms with E-state index in [1.807, 2.05) is 18.2 Å². The summed E-state index contributed by atoms with van der Waals surface area (Å²) < 4.78 is 10.8. The Morgan fingerprint density at radius 2 is 2.04 bits per heavy atom. The summed E-state index contributed by atoms with van der Waals surface area (Å²) in [6.07, 6.45) is 0. The summed E-state index contributed by atoms with van der Waals surface area (Å²) in [5, 5.41) is 6.51. The average Bonchev–Trinajstić information content (AvgIpc) is 3.00. The van der Waals surface area contributed by atoms with Crippen LogP contribution in [0.2, 0.25) is 0 Å². The molecule has 0 aliphatic heterocycles. The van der Waals surface area contributed by atoms with Crippen molar-refractivity contribution in [1.82, 2.24) is 10.1 Å². The predicted molar refractivity (Wildman–Crippen MR) is 88.9 cm³/mol. The fourth-order valence-corrected chi connectivity index (χ4v) is 2.17. The molecule has 0 atom stereocenters. The van der Waals surface area contributed by atoms with E-state index in [0.29, 0.717) is 23.7 Å². The minimum absolute atomic E-state index is 0.181. The van der Waals surface area contributed by atoms with Crippen LogP contribution < -0.4 is 10.1 Å². The van der Waals surface area contributed by atoms with Gasteiger partial charge in [0.15, 0.2) is 0 Å². The molecule has 0 bridgehead atoms. The zero-order chi connectivity index (χ0) is 16.7. The first-order chi connectivity index (χ1) is 11.1. The highest BCUT2D eigenvalue weighted by Gasteiger charge is 2.14. The van der Waals surface area contributed by atoms with E-state index in [9.17, 15) is 4.79 Å². The molecule has 6 nitrogen and oxygen atoms in total. The van der Waals surface area contributed by atoms with Gasteiger partial charge in [-0.25, -0.2) is 0 Å². The molecule has 0 unspecified atom stereocenters. The van der Waals surface area contributed by atoms with Crippen molar-refractivity contribution in [2.75, 3.05) is 31.6 Å². The second kappa shape index (κ2) is 8.33. The summed E-state index contributed by atoms with van der Waals surface area (Å²) in [4.78, 5) is 14.4. The number of hydrogen-bond acceptors (Lipinski definition) is 5. The van der Waals surface area contributed by atoms with Gasteiger partial charge in [0.25, 0.3) is 5.91 Å². The number of rotatable bonds is 8. The minimum atomic E-state index is -0.342. The second-order valence-electron chi connectivity index (χ2n) is 5.16. The normalized spacial score (nSPS) is 10.8. The highest BCUT2D eigenvalue weighted by Crippen LogP contribution is 2.24. The molecule has 0 spiro atoms. The highest BCUT2D eigenvalue weighted by atomic mass is 16.5.